The van der Waals surface area contributed by atoms with Gasteiger partial charge in [0.2, 0.25) is 11.8 Å². The number of anilines is 1. The average Bonchev–Trinajstić information content (AvgIpc) is 2.89. The van der Waals surface area contributed by atoms with Crippen LogP contribution in [-0.4, -0.2) is 46.6 Å². The number of ether oxygens (including phenoxy) is 1. The summed E-state index contributed by atoms with van der Waals surface area (Å²) >= 11 is 0. The first kappa shape index (κ1) is 25.2. The molecule has 2 aromatic rings. The van der Waals surface area contributed by atoms with E-state index >= 15 is 0 Å². The van der Waals surface area contributed by atoms with Crippen LogP contribution in [-0.2, 0) is 27.2 Å². The highest BCUT2D eigenvalue weighted by Gasteiger charge is 2.34. The molecule has 8 heteroatoms. The maximum atomic E-state index is 13.5. The van der Waals surface area contributed by atoms with Crippen molar-refractivity contribution < 1.29 is 19.1 Å². The van der Waals surface area contributed by atoms with Crippen LogP contribution in [0.4, 0.5) is 10.5 Å². The minimum absolute atomic E-state index is 0.0737. The van der Waals surface area contributed by atoms with Gasteiger partial charge in [-0.15, -0.1) is 0 Å². The van der Waals surface area contributed by atoms with Crippen LogP contribution in [0.1, 0.15) is 52.3 Å². The molecule has 182 valence electrons. The van der Waals surface area contributed by atoms with Gasteiger partial charge in [0.15, 0.2) is 0 Å². The molecule has 3 rings (SSSR count). The molecule has 2 N–H and O–H groups in total. The smallest absolute Gasteiger partial charge is 0.408 e. The lowest BCUT2D eigenvalue weighted by Crippen LogP contribution is -2.56. The van der Waals surface area contributed by atoms with Crippen molar-refractivity contribution in [2.24, 2.45) is 0 Å². The van der Waals surface area contributed by atoms with Gasteiger partial charge in [-0.2, -0.15) is 0 Å². The predicted octanol–water partition coefficient (Wildman–Crippen LogP) is 3.39. The summed E-state index contributed by atoms with van der Waals surface area (Å²) in [5.41, 5.74) is 1.87. The van der Waals surface area contributed by atoms with Gasteiger partial charge in [-0.05, 0) is 71.2 Å². The Balaban J connectivity index is 1.80. The normalized spacial score (nSPS) is 16.9. The molecule has 8 nitrogen and oxygen atoms in total. The standard InChI is InChI=1S/C26H34N4O4/c1-17(2)30-22-12-7-6-10-18(22)13-14-20(24(30)32)28-23(31)21(16-19-11-8-9-15-27-19)29-25(33)34-26(3,4)5/h6-12,15,17,20-21H,13-14,16H2,1-5H3,(H,28,31)(H,29,33)/t20-,21-/m1/s1. The molecule has 2 atom stereocenters. The highest BCUT2D eigenvalue weighted by molar-refractivity contribution is 6.01. The van der Waals surface area contributed by atoms with E-state index in [1.54, 1.807) is 44.0 Å². The van der Waals surface area contributed by atoms with Crippen molar-refractivity contribution in [3.63, 3.8) is 0 Å². The number of aryl methyl sites for hydroxylation is 1. The number of hydrogen-bond donors (Lipinski definition) is 2. The van der Waals surface area contributed by atoms with Crippen LogP contribution < -0.4 is 15.5 Å². The molecule has 2 heterocycles. The SMILES string of the molecule is CC(C)N1C(=O)[C@H](NC(=O)[C@@H](Cc2ccccn2)NC(=O)OC(C)(C)C)CCc2ccccc21. The molecule has 0 bridgehead atoms. The maximum Gasteiger partial charge on any atom is 0.408 e. The molecule has 1 aromatic carbocycles. The molecule has 3 amide bonds. The summed E-state index contributed by atoms with van der Waals surface area (Å²) in [5, 5.41) is 5.54. The monoisotopic (exact) mass is 466 g/mol. The van der Waals surface area contributed by atoms with Gasteiger partial charge in [-0.25, -0.2) is 4.79 Å². The van der Waals surface area contributed by atoms with E-state index in [2.05, 4.69) is 15.6 Å². The number of hydrogen-bond acceptors (Lipinski definition) is 5. The van der Waals surface area contributed by atoms with Crippen LogP contribution in [0.3, 0.4) is 0 Å². The number of nitrogens with zero attached hydrogens (tertiary/aromatic N) is 2. The second kappa shape index (κ2) is 10.7. The number of aromatic nitrogens is 1. The molecule has 0 saturated carbocycles. The van der Waals surface area contributed by atoms with Crippen LogP contribution in [0, 0.1) is 0 Å². The Kier molecular flexibility index (Phi) is 7.91. The molecule has 1 aliphatic rings. The van der Waals surface area contributed by atoms with Gasteiger partial charge in [0.25, 0.3) is 0 Å². The fraction of sp³-hybridized carbons (Fsp3) is 0.462. The lowest BCUT2D eigenvalue weighted by Gasteiger charge is -2.30. The molecular weight excluding hydrogens is 432 g/mol. The van der Waals surface area contributed by atoms with E-state index in [9.17, 15) is 14.4 Å². The average molecular weight is 467 g/mol. The van der Waals surface area contributed by atoms with Crippen molar-refractivity contribution >= 4 is 23.6 Å². The highest BCUT2D eigenvalue weighted by Crippen LogP contribution is 2.28. The summed E-state index contributed by atoms with van der Waals surface area (Å²) in [6.45, 7) is 9.16. The Bertz CT molecular complexity index is 1020. The van der Waals surface area contributed by atoms with Gasteiger partial charge < -0.3 is 20.3 Å². The van der Waals surface area contributed by atoms with E-state index in [1.807, 2.05) is 44.2 Å². The van der Waals surface area contributed by atoms with Gasteiger partial charge in [0.1, 0.15) is 17.7 Å². The van der Waals surface area contributed by atoms with Crippen LogP contribution >= 0.6 is 0 Å². The van der Waals surface area contributed by atoms with Gasteiger partial charge >= 0.3 is 6.09 Å². The van der Waals surface area contributed by atoms with Crippen LogP contribution in [0.15, 0.2) is 48.7 Å². The Morgan fingerprint density at radius 2 is 1.85 bits per heavy atom. The molecule has 0 radical (unpaired) electrons. The number of nitrogens with one attached hydrogen (secondary N) is 2. The lowest BCUT2D eigenvalue weighted by molar-refractivity contribution is -0.129. The zero-order valence-corrected chi connectivity index (χ0v) is 20.5. The molecule has 34 heavy (non-hydrogen) atoms. The Morgan fingerprint density at radius 3 is 2.50 bits per heavy atom. The molecule has 0 unspecified atom stereocenters. The number of fused-ring (bicyclic) bond motifs is 1. The van der Waals surface area contributed by atoms with E-state index in [-0.39, 0.29) is 18.4 Å². The van der Waals surface area contributed by atoms with Crippen LogP contribution in [0.25, 0.3) is 0 Å². The van der Waals surface area contributed by atoms with Crippen molar-refractivity contribution in [1.82, 2.24) is 15.6 Å². The maximum absolute atomic E-state index is 13.5. The highest BCUT2D eigenvalue weighted by atomic mass is 16.6. The third kappa shape index (κ3) is 6.56. The summed E-state index contributed by atoms with van der Waals surface area (Å²) in [6, 6.07) is 11.5. The summed E-state index contributed by atoms with van der Waals surface area (Å²) in [7, 11) is 0. The minimum atomic E-state index is -0.948. The quantitative estimate of drug-likeness (QED) is 0.680. The van der Waals surface area contributed by atoms with Crippen molar-refractivity contribution in [3.8, 4) is 0 Å². The third-order valence-corrected chi connectivity index (χ3v) is 5.47. The summed E-state index contributed by atoms with van der Waals surface area (Å²) in [5.74, 6) is -0.619. The largest absolute Gasteiger partial charge is 0.444 e. The van der Waals surface area contributed by atoms with E-state index in [1.165, 1.54) is 0 Å². The molecule has 1 aromatic heterocycles. The predicted molar refractivity (Wildman–Crippen MR) is 130 cm³/mol. The fourth-order valence-electron chi connectivity index (χ4n) is 3.99. The Morgan fingerprint density at radius 1 is 1.15 bits per heavy atom. The number of para-hydroxylation sites is 1. The van der Waals surface area contributed by atoms with E-state index < -0.39 is 29.7 Å². The zero-order chi connectivity index (χ0) is 24.9. The number of amides is 3. The molecule has 0 aliphatic carbocycles. The molecule has 0 spiro atoms. The first-order valence-corrected chi connectivity index (χ1v) is 11.7. The number of pyridine rings is 1. The fourth-order valence-corrected chi connectivity index (χ4v) is 3.99. The van der Waals surface area contributed by atoms with Crippen molar-refractivity contribution in [2.45, 2.75) is 77.6 Å². The second-order valence-electron chi connectivity index (χ2n) is 9.75. The van der Waals surface area contributed by atoms with Crippen molar-refractivity contribution in [2.75, 3.05) is 4.90 Å². The first-order chi connectivity index (χ1) is 16.0. The summed E-state index contributed by atoms with van der Waals surface area (Å²) in [6.07, 6.45) is 2.21. The topological polar surface area (TPSA) is 101 Å². The number of benzene rings is 1. The van der Waals surface area contributed by atoms with E-state index in [0.717, 1.165) is 11.3 Å². The Hall–Kier alpha value is -3.42. The molecule has 0 saturated heterocycles. The van der Waals surface area contributed by atoms with Gasteiger partial charge in [0, 0.05) is 30.0 Å². The summed E-state index contributed by atoms with van der Waals surface area (Å²) < 4.78 is 5.35. The number of rotatable bonds is 6. The second-order valence-corrected chi connectivity index (χ2v) is 9.75. The van der Waals surface area contributed by atoms with Gasteiger partial charge in [-0.3, -0.25) is 14.6 Å². The zero-order valence-electron chi connectivity index (χ0n) is 20.5. The molecule has 1 aliphatic heterocycles. The number of carbonyl (C=O) groups excluding carboxylic acids is 3. The van der Waals surface area contributed by atoms with E-state index in [0.29, 0.717) is 18.5 Å². The van der Waals surface area contributed by atoms with Crippen molar-refractivity contribution in [3.05, 3.63) is 59.9 Å². The molecule has 0 fully saturated rings. The lowest BCUT2D eigenvalue weighted by atomic mass is 10.0. The Labute approximate surface area is 201 Å². The number of alkyl carbamates (subject to hydrolysis) is 1. The van der Waals surface area contributed by atoms with Crippen LogP contribution in [0.5, 0.6) is 0 Å². The van der Waals surface area contributed by atoms with E-state index in [4.69, 9.17) is 4.74 Å². The first-order valence-electron chi connectivity index (χ1n) is 11.7. The summed E-state index contributed by atoms with van der Waals surface area (Å²) in [4.78, 5) is 45.3. The van der Waals surface area contributed by atoms with Gasteiger partial charge in [-0.1, -0.05) is 24.3 Å². The van der Waals surface area contributed by atoms with Crippen LogP contribution in [0.2, 0.25) is 0 Å². The van der Waals surface area contributed by atoms with Crippen molar-refractivity contribution in [1.29, 1.82) is 0 Å². The number of carbonyl (C=O) groups is 3. The van der Waals surface area contributed by atoms with Gasteiger partial charge in [0.05, 0.1) is 0 Å². The molecular formula is C26H34N4O4. The third-order valence-electron chi connectivity index (χ3n) is 5.47. The minimum Gasteiger partial charge on any atom is -0.444 e.